The highest BCUT2D eigenvalue weighted by Gasteiger charge is 2.14. The Morgan fingerprint density at radius 2 is 2.12 bits per heavy atom. The van der Waals surface area contributed by atoms with Gasteiger partial charge in [0.25, 0.3) is 0 Å². The van der Waals surface area contributed by atoms with Crippen molar-refractivity contribution >= 4 is 12.0 Å². The molecule has 2 rings (SSSR count). The maximum Gasteiger partial charge on any atom is 0.0625 e. The van der Waals surface area contributed by atoms with Gasteiger partial charge in [-0.05, 0) is 36.0 Å². The third kappa shape index (κ3) is 3.24. The predicted molar refractivity (Wildman–Crippen MR) is 69.5 cm³/mol. The summed E-state index contributed by atoms with van der Waals surface area (Å²) in [4.78, 5) is 2.52. The van der Waals surface area contributed by atoms with Crippen molar-refractivity contribution in [3.05, 3.63) is 35.4 Å². The number of benzene rings is 1. The van der Waals surface area contributed by atoms with Crippen LogP contribution in [0, 0.1) is 0 Å². The average Bonchev–Trinajstić information content (AvgIpc) is 2.34. The van der Waals surface area contributed by atoms with E-state index in [0.29, 0.717) is 0 Å². The zero-order valence-corrected chi connectivity index (χ0v) is 10.6. The normalized spacial score (nSPS) is 16.1. The standard InChI is InChI=1S/C13H19NOS/c1-16-15-10-4-8-14-9-7-12-5-2-3-6-13(12)11-14/h2-3,5-6H,4,7-11H2,1H3. The Morgan fingerprint density at radius 3 is 2.94 bits per heavy atom. The van der Waals surface area contributed by atoms with Crippen LogP contribution in [0.2, 0.25) is 0 Å². The number of rotatable bonds is 5. The third-order valence-corrected chi connectivity index (χ3v) is 3.43. The Labute approximate surface area is 102 Å². The molecule has 3 heteroatoms. The summed E-state index contributed by atoms with van der Waals surface area (Å²) in [6, 6.07) is 8.78. The van der Waals surface area contributed by atoms with Gasteiger partial charge in [0.1, 0.15) is 0 Å². The fourth-order valence-electron chi connectivity index (χ4n) is 2.18. The fraction of sp³-hybridized carbons (Fsp3) is 0.538. The lowest BCUT2D eigenvalue weighted by atomic mass is 10.00. The van der Waals surface area contributed by atoms with Crippen molar-refractivity contribution in [3.8, 4) is 0 Å². The molecule has 16 heavy (non-hydrogen) atoms. The van der Waals surface area contributed by atoms with Gasteiger partial charge < -0.3 is 4.18 Å². The summed E-state index contributed by atoms with van der Waals surface area (Å²) in [6.07, 6.45) is 4.29. The van der Waals surface area contributed by atoms with Crippen LogP contribution in [-0.2, 0) is 17.1 Å². The highest BCUT2D eigenvalue weighted by molar-refractivity contribution is 7.93. The SMILES string of the molecule is CSOCCCN1CCc2ccccc2C1. The molecule has 0 spiro atoms. The van der Waals surface area contributed by atoms with Gasteiger partial charge in [-0.1, -0.05) is 24.3 Å². The first-order valence-electron chi connectivity index (χ1n) is 5.85. The molecule has 0 saturated carbocycles. The van der Waals surface area contributed by atoms with Gasteiger partial charge in [0.2, 0.25) is 0 Å². The zero-order chi connectivity index (χ0) is 11.2. The summed E-state index contributed by atoms with van der Waals surface area (Å²) in [5.74, 6) is 0. The molecule has 2 nitrogen and oxygen atoms in total. The topological polar surface area (TPSA) is 12.5 Å². The Kier molecular flexibility index (Phi) is 4.69. The monoisotopic (exact) mass is 237 g/mol. The third-order valence-electron chi connectivity index (χ3n) is 3.03. The molecule has 0 N–H and O–H groups in total. The molecule has 0 aliphatic carbocycles. The Morgan fingerprint density at radius 1 is 1.31 bits per heavy atom. The quantitative estimate of drug-likeness (QED) is 0.577. The summed E-state index contributed by atoms with van der Waals surface area (Å²) < 4.78 is 5.28. The molecule has 88 valence electrons. The largest absolute Gasteiger partial charge is 0.316 e. The molecular formula is C13H19NOS. The number of hydrogen-bond acceptors (Lipinski definition) is 3. The predicted octanol–water partition coefficient (Wildman–Crippen LogP) is 2.73. The van der Waals surface area contributed by atoms with Gasteiger partial charge in [-0.15, -0.1) is 0 Å². The van der Waals surface area contributed by atoms with Gasteiger partial charge >= 0.3 is 0 Å². The van der Waals surface area contributed by atoms with E-state index in [1.807, 2.05) is 6.26 Å². The van der Waals surface area contributed by atoms with Crippen molar-refractivity contribution in [2.24, 2.45) is 0 Å². The number of fused-ring (bicyclic) bond motifs is 1. The van der Waals surface area contributed by atoms with E-state index in [9.17, 15) is 0 Å². The molecule has 0 radical (unpaired) electrons. The van der Waals surface area contributed by atoms with Gasteiger partial charge in [0.05, 0.1) is 6.61 Å². The molecular weight excluding hydrogens is 218 g/mol. The summed E-state index contributed by atoms with van der Waals surface area (Å²) >= 11 is 1.46. The van der Waals surface area contributed by atoms with Crippen LogP contribution in [0.25, 0.3) is 0 Å². The van der Waals surface area contributed by atoms with E-state index in [2.05, 4.69) is 29.2 Å². The lowest BCUT2D eigenvalue weighted by Gasteiger charge is -2.28. The maximum atomic E-state index is 5.28. The van der Waals surface area contributed by atoms with Crippen molar-refractivity contribution in [1.29, 1.82) is 0 Å². The van der Waals surface area contributed by atoms with E-state index in [1.165, 1.54) is 36.1 Å². The lowest BCUT2D eigenvalue weighted by molar-refractivity contribution is 0.230. The molecule has 0 saturated heterocycles. The highest BCUT2D eigenvalue weighted by Crippen LogP contribution is 2.18. The molecule has 0 amide bonds. The van der Waals surface area contributed by atoms with Crippen LogP contribution < -0.4 is 0 Å². The highest BCUT2D eigenvalue weighted by atomic mass is 32.2. The van der Waals surface area contributed by atoms with Crippen molar-refractivity contribution in [3.63, 3.8) is 0 Å². The lowest BCUT2D eigenvalue weighted by Crippen LogP contribution is -2.31. The second kappa shape index (κ2) is 6.28. The first-order chi connectivity index (χ1) is 7.90. The molecule has 1 aliphatic heterocycles. The minimum atomic E-state index is 0.860. The average molecular weight is 237 g/mol. The Hall–Kier alpha value is -0.510. The first kappa shape index (κ1) is 12.0. The van der Waals surface area contributed by atoms with Crippen LogP contribution in [0.1, 0.15) is 17.5 Å². The molecule has 0 aromatic heterocycles. The minimum absolute atomic E-state index is 0.860. The smallest absolute Gasteiger partial charge is 0.0625 e. The van der Waals surface area contributed by atoms with Gasteiger partial charge in [0.15, 0.2) is 0 Å². The van der Waals surface area contributed by atoms with Crippen LogP contribution in [0.4, 0.5) is 0 Å². The second-order valence-electron chi connectivity index (χ2n) is 4.14. The van der Waals surface area contributed by atoms with Crippen LogP contribution in [0.3, 0.4) is 0 Å². The molecule has 0 atom stereocenters. The van der Waals surface area contributed by atoms with Crippen molar-refractivity contribution < 1.29 is 4.18 Å². The van der Waals surface area contributed by atoms with E-state index < -0.39 is 0 Å². The van der Waals surface area contributed by atoms with E-state index in [4.69, 9.17) is 4.18 Å². The summed E-state index contributed by atoms with van der Waals surface area (Å²) in [5.41, 5.74) is 3.03. The Bertz CT molecular complexity index is 329. The van der Waals surface area contributed by atoms with Crippen LogP contribution in [0.15, 0.2) is 24.3 Å². The molecule has 0 unspecified atom stereocenters. The second-order valence-corrected chi connectivity index (χ2v) is 4.71. The van der Waals surface area contributed by atoms with E-state index >= 15 is 0 Å². The van der Waals surface area contributed by atoms with Crippen molar-refractivity contribution in [2.75, 3.05) is 26.0 Å². The molecule has 1 aromatic carbocycles. The maximum absolute atomic E-state index is 5.28. The number of hydrogen-bond donors (Lipinski definition) is 0. The Balaban J connectivity index is 1.79. The zero-order valence-electron chi connectivity index (χ0n) is 9.82. The van der Waals surface area contributed by atoms with Crippen LogP contribution in [-0.4, -0.2) is 30.9 Å². The van der Waals surface area contributed by atoms with Gasteiger partial charge in [-0.25, -0.2) is 0 Å². The molecule has 0 fully saturated rings. The summed E-state index contributed by atoms with van der Waals surface area (Å²) in [6.45, 7) is 4.31. The molecule has 1 aliphatic rings. The first-order valence-corrected chi connectivity index (χ1v) is 7.00. The van der Waals surface area contributed by atoms with Crippen LogP contribution >= 0.6 is 12.0 Å². The van der Waals surface area contributed by atoms with E-state index in [1.54, 1.807) is 0 Å². The summed E-state index contributed by atoms with van der Waals surface area (Å²) in [5, 5.41) is 0. The van der Waals surface area contributed by atoms with Crippen LogP contribution in [0.5, 0.6) is 0 Å². The number of nitrogens with zero attached hydrogens (tertiary/aromatic N) is 1. The fourth-order valence-corrected chi connectivity index (χ4v) is 2.46. The molecule has 1 heterocycles. The van der Waals surface area contributed by atoms with E-state index in [0.717, 1.165) is 26.1 Å². The van der Waals surface area contributed by atoms with Gasteiger partial charge in [-0.2, -0.15) is 0 Å². The molecule has 0 bridgehead atoms. The molecule has 1 aromatic rings. The summed E-state index contributed by atoms with van der Waals surface area (Å²) in [7, 11) is 0. The van der Waals surface area contributed by atoms with Crippen molar-refractivity contribution in [1.82, 2.24) is 4.90 Å². The van der Waals surface area contributed by atoms with E-state index in [-0.39, 0.29) is 0 Å². The van der Waals surface area contributed by atoms with Crippen molar-refractivity contribution in [2.45, 2.75) is 19.4 Å². The minimum Gasteiger partial charge on any atom is -0.316 e. The van der Waals surface area contributed by atoms with Gasteiger partial charge in [-0.3, -0.25) is 4.90 Å². The van der Waals surface area contributed by atoms with Gasteiger partial charge in [0, 0.05) is 25.9 Å².